The van der Waals surface area contributed by atoms with E-state index in [0.29, 0.717) is 12.2 Å². The zero-order valence-corrected chi connectivity index (χ0v) is 15.5. The maximum Gasteiger partial charge on any atom is 0.294 e. The minimum Gasteiger partial charge on any atom is -0.506 e. The van der Waals surface area contributed by atoms with Crippen molar-refractivity contribution in [2.24, 2.45) is 0 Å². The number of amides is 1. The van der Waals surface area contributed by atoms with Crippen LogP contribution in [-0.4, -0.2) is 21.9 Å². The van der Waals surface area contributed by atoms with Crippen LogP contribution < -0.4 is 4.90 Å². The van der Waals surface area contributed by atoms with Gasteiger partial charge in [-0.2, -0.15) is 0 Å². The molecule has 0 radical (unpaired) electrons. The first-order chi connectivity index (χ1) is 14.1. The van der Waals surface area contributed by atoms with E-state index in [2.05, 4.69) is 0 Å². The predicted molar refractivity (Wildman–Crippen MR) is 106 cm³/mol. The maximum absolute atomic E-state index is 13.0. The highest BCUT2D eigenvalue weighted by atomic mass is 16.3. The van der Waals surface area contributed by atoms with Crippen molar-refractivity contribution in [2.45, 2.75) is 18.9 Å². The quantitative estimate of drug-likeness (QED) is 0.663. The number of benzene rings is 2. The SMILES string of the molecule is O=C(CCc1ccccc1)C1=C(O)C(=O)N(c2ccccc2O)C1c1ccco1. The summed E-state index contributed by atoms with van der Waals surface area (Å²) in [5.74, 6) is -1.53. The molecule has 0 bridgehead atoms. The van der Waals surface area contributed by atoms with Crippen LogP contribution >= 0.6 is 0 Å². The van der Waals surface area contributed by atoms with Gasteiger partial charge in [-0.25, -0.2) is 0 Å². The van der Waals surface area contributed by atoms with Crippen molar-refractivity contribution in [3.05, 3.63) is 95.6 Å². The first-order valence-electron chi connectivity index (χ1n) is 9.23. The number of aryl methyl sites for hydroxylation is 1. The second-order valence-corrected chi connectivity index (χ2v) is 6.75. The molecule has 0 aliphatic carbocycles. The molecule has 6 nitrogen and oxygen atoms in total. The number of phenolic OH excluding ortho intramolecular Hbond substituents is 1. The molecule has 2 N–H and O–H groups in total. The number of hydrogen-bond donors (Lipinski definition) is 2. The highest BCUT2D eigenvalue weighted by molar-refractivity contribution is 6.16. The van der Waals surface area contributed by atoms with E-state index in [1.807, 2.05) is 30.3 Å². The third-order valence-electron chi connectivity index (χ3n) is 4.95. The fraction of sp³-hybridized carbons (Fsp3) is 0.130. The van der Waals surface area contributed by atoms with Crippen LogP contribution in [0.2, 0.25) is 0 Å². The normalized spacial score (nSPS) is 16.5. The minimum absolute atomic E-state index is 0.0239. The van der Waals surface area contributed by atoms with Crippen LogP contribution in [0.4, 0.5) is 5.69 Å². The Kier molecular flexibility index (Phi) is 4.91. The standard InChI is InChI=1S/C23H19NO5/c25-17-10-5-4-9-16(17)24-21(19-11-6-14-29-19)20(22(27)23(24)28)18(26)13-12-15-7-2-1-3-8-15/h1-11,14,21,25,27H,12-13H2. The number of ketones is 1. The van der Waals surface area contributed by atoms with Crippen molar-refractivity contribution in [1.29, 1.82) is 0 Å². The largest absolute Gasteiger partial charge is 0.506 e. The lowest BCUT2D eigenvalue weighted by atomic mass is 9.96. The van der Waals surface area contributed by atoms with Crippen LogP contribution in [0.3, 0.4) is 0 Å². The average molecular weight is 389 g/mol. The van der Waals surface area contributed by atoms with Crippen molar-refractivity contribution in [1.82, 2.24) is 0 Å². The fourth-order valence-electron chi connectivity index (χ4n) is 3.56. The lowest BCUT2D eigenvalue weighted by Gasteiger charge is -2.25. The van der Waals surface area contributed by atoms with Gasteiger partial charge in [-0.1, -0.05) is 42.5 Å². The molecule has 1 unspecified atom stereocenters. The number of hydrogen-bond acceptors (Lipinski definition) is 5. The minimum atomic E-state index is -0.950. The van der Waals surface area contributed by atoms with Gasteiger partial charge in [0.15, 0.2) is 11.5 Å². The number of aromatic hydroxyl groups is 1. The van der Waals surface area contributed by atoms with Gasteiger partial charge in [-0.05, 0) is 36.2 Å². The summed E-state index contributed by atoms with van der Waals surface area (Å²) in [5.41, 5.74) is 1.15. The first kappa shape index (κ1) is 18.6. The van der Waals surface area contributed by atoms with Crippen LogP contribution in [0, 0.1) is 0 Å². The molecule has 1 amide bonds. The van der Waals surface area contributed by atoms with Gasteiger partial charge in [0.25, 0.3) is 5.91 Å². The van der Waals surface area contributed by atoms with Gasteiger partial charge in [0.2, 0.25) is 0 Å². The van der Waals surface area contributed by atoms with E-state index in [4.69, 9.17) is 4.42 Å². The number of para-hydroxylation sites is 2. The number of aliphatic hydroxyl groups is 1. The van der Waals surface area contributed by atoms with Crippen LogP contribution in [0.1, 0.15) is 23.8 Å². The topological polar surface area (TPSA) is 91.0 Å². The Morgan fingerprint density at radius 3 is 2.38 bits per heavy atom. The number of carbonyl (C=O) groups is 2. The second-order valence-electron chi connectivity index (χ2n) is 6.75. The second kappa shape index (κ2) is 7.67. The molecule has 0 spiro atoms. The number of furan rings is 1. The molecule has 1 atom stereocenters. The van der Waals surface area contributed by atoms with Crippen LogP contribution in [0.25, 0.3) is 0 Å². The van der Waals surface area contributed by atoms with E-state index < -0.39 is 17.7 Å². The van der Waals surface area contributed by atoms with E-state index in [0.717, 1.165) is 5.56 Å². The van der Waals surface area contributed by atoms with Crippen molar-refractivity contribution in [3.63, 3.8) is 0 Å². The Balaban J connectivity index is 1.70. The van der Waals surface area contributed by atoms with Crippen LogP contribution in [0.15, 0.2) is 88.7 Å². The van der Waals surface area contributed by atoms with Gasteiger partial charge in [0.05, 0.1) is 17.5 Å². The van der Waals surface area contributed by atoms with Crippen LogP contribution in [-0.2, 0) is 16.0 Å². The molecule has 0 fully saturated rings. The molecule has 0 saturated heterocycles. The van der Waals surface area contributed by atoms with Crippen molar-refractivity contribution < 1.29 is 24.2 Å². The highest BCUT2D eigenvalue weighted by Gasteiger charge is 2.46. The lowest BCUT2D eigenvalue weighted by Crippen LogP contribution is -2.30. The predicted octanol–water partition coefficient (Wildman–Crippen LogP) is 4.09. The van der Waals surface area contributed by atoms with Gasteiger partial charge in [0.1, 0.15) is 17.6 Å². The summed E-state index contributed by atoms with van der Waals surface area (Å²) in [5, 5.41) is 20.8. The van der Waals surface area contributed by atoms with Crippen molar-refractivity contribution in [3.8, 4) is 5.75 Å². The maximum atomic E-state index is 13.0. The number of nitrogens with zero attached hydrogens (tertiary/aromatic N) is 1. The summed E-state index contributed by atoms with van der Waals surface area (Å²) in [4.78, 5) is 27.1. The summed E-state index contributed by atoms with van der Waals surface area (Å²) in [6, 6.07) is 18.1. The summed E-state index contributed by atoms with van der Waals surface area (Å²) in [6.45, 7) is 0. The van der Waals surface area contributed by atoms with E-state index in [1.54, 1.807) is 30.3 Å². The molecular weight excluding hydrogens is 370 g/mol. The number of carbonyl (C=O) groups excluding carboxylic acids is 2. The number of aliphatic hydroxyl groups excluding tert-OH is 1. The Morgan fingerprint density at radius 2 is 1.69 bits per heavy atom. The van der Waals surface area contributed by atoms with Gasteiger partial charge in [-0.15, -0.1) is 0 Å². The molecule has 29 heavy (non-hydrogen) atoms. The Hall–Kier alpha value is -3.80. The summed E-state index contributed by atoms with van der Waals surface area (Å²) >= 11 is 0. The molecule has 1 aliphatic rings. The molecule has 146 valence electrons. The highest BCUT2D eigenvalue weighted by Crippen LogP contribution is 2.44. The zero-order valence-electron chi connectivity index (χ0n) is 15.5. The summed E-state index contributed by atoms with van der Waals surface area (Å²) in [7, 11) is 0. The van der Waals surface area contributed by atoms with Gasteiger partial charge in [-0.3, -0.25) is 14.5 Å². The van der Waals surface area contributed by atoms with E-state index in [9.17, 15) is 19.8 Å². The third kappa shape index (κ3) is 3.40. The molecule has 2 aromatic carbocycles. The lowest BCUT2D eigenvalue weighted by molar-refractivity contribution is -0.118. The molecule has 4 rings (SSSR count). The first-order valence-corrected chi connectivity index (χ1v) is 9.23. The van der Waals surface area contributed by atoms with Crippen molar-refractivity contribution >= 4 is 17.4 Å². The van der Waals surface area contributed by atoms with Crippen molar-refractivity contribution in [2.75, 3.05) is 4.90 Å². The molecule has 3 aromatic rings. The molecule has 1 aromatic heterocycles. The Bertz CT molecular complexity index is 1070. The number of anilines is 1. The molecule has 0 saturated carbocycles. The van der Waals surface area contributed by atoms with Crippen LogP contribution in [0.5, 0.6) is 5.75 Å². The number of rotatable bonds is 6. The van der Waals surface area contributed by atoms with Gasteiger partial charge >= 0.3 is 0 Å². The molecule has 1 aliphatic heterocycles. The molecule has 6 heteroatoms. The third-order valence-corrected chi connectivity index (χ3v) is 4.95. The molecular formula is C23H19NO5. The summed E-state index contributed by atoms with van der Waals surface area (Å²) < 4.78 is 5.48. The Morgan fingerprint density at radius 1 is 0.966 bits per heavy atom. The average Bonchev–Trinajstić information content (AvgIpc) is 3.35. The molecule has 2 heterocycles. The van der Waals surface area contributed by atoms with E-state index >= 15 is 0 Å². The van der Waals surface area contributed by atoms with E-state index in [-0.39, 0.29) is 29.2 Å². The summed E-state index contributed by atoms with van der Waals surface area (Å²) in [6.07, 6.45) is 2.04. The van der Waals surface area contributed by atoms with E-state index in [1.165, 1.54) is 17.2 Å². The Labute approximate surface area is 167 Å². The monoisotopic (exact) mass is 389 g/mol. The fourth-order valence-corrected chi connectivity index (χ4v) is 3.56. The van der Waals surface area contributed by atoms with Gasteiger partial charge in [0, 0.05) is 6.42 Å². The smallest absolute Gasteiger partial charge is 0.294 e. The number of phenols is 1. The zero-order chi connectivity index (χ0) is 20.4. The number of Topliss-reactive ketones (excluding diaryl/α,β-unsaturated/α-hetero) is 1. The van der Waals surface area contributed by atoms with Gasteiger partial charge < -0.3 is 14.6 Å².